The van der Waals surface area contributed by atoms with Gasteiger partial charge in [-0.25, -0.2) is 22.7 Å². The minimum absolute atomic E-state index is 0.138. The minimum atomic E-state index is -3.10. The zero-order valence-corrected chi connectivity index (χ0v) is 18.5. The second kappa shape index (κ2) is 7.16. The van der Waals surface area contributed by atoms with Crippen molar-refractivity contribution >= 4 is 21.1 Å². The molecule has 5 rings (SSSR count). The van der Waals surface area contributed by atoms with E-state index in [1.54, 1.807) is 8.99 Å². The fourth-order valence-electron chi connectivity index (χ4n) is 4.40. The molecule has 0 bridgehead atoms. The molecule has 0 aromatic carbocycles. The molecule has 1 saturated carbocycles. The van der Waals surface area contributed by atoms with E-state index >= 15 is 0 Å². The summed E-state index contributed by atoms with van der Waals surface area (Å²) in [6.07, 6.45) is 8.89. The summed E-state index contributed by atoms with van der Waals surface area (Å²) in [5.41, 5.74) is 4.78. The van der Waals surface area contributed by atoms with Crippen LogP contribution in [0.5, 0.6) is 0 Å². The van der Waals surface area contributed by atoms with Gasteiger partial charge in [-0.3, -0.25) is 4.68 Å². The summed E-state index contributed by atoms with van der Waals surface area (Å²) in [7, 11) is -1.20. The molecule has 0 spiro atoms. The largest absolute Gasteiger partial charge is 0.328 e. The first-order valence-electron chi connectivity index (χ1n) is 10.7. The van der Waals surface area contributed by atoms with Crippen molar-refractivity contribution in [2.45, 2.75) is 56.7 Å². The monoisotopic (exact) mass is 428 g/mol. The van der Waals surface area contributed by atoms with Gasteiger partial charge in [0.05, 0.1) is 23.3 Å². The lowest BCUT2D eigenvalue weighted by Crippen LogP contribution is -2.39. The lowest BCUT2D eigenvalue weighted by atomic mass is 9.93. The molecule has 3 aromatic heterocycles. The number of fused-ring (bicyclic) bond motifs is 1. The van der Waals surface area contributed by atoms with Gasteiger partial charge in [-0.1, -0.05) is 0 Å². The highest BCUT2D eigenvalue weighted by atomic mass is 32.2. The highest BCUT2D eigenvalue weighted by Gasteiger charge is 2.41. The predicted molar refractivity (Wildman–Crippen MR) is 116 cm³/mol. The molecular formula is C21H28N6O2S. The lowest BCUT2D eigenvalue weighted by molar-refractivity contribution is 0.316. The van der Waals surface area contributed by atoms with E-state index in [-0.39, 0.29) is 17.2 Å². The molecule has 1 aliphatic carbocycles. The van der Waals surface area contributed by atoms with E-state index in [9.17, 15) is 8.42 Å². The Hall–Kier alpha value is -2.26. The first-order valence-corrected chi connectivity index (χ1v) is 12.2. The average Bonchev–Trinajstić information content (AvgIpc) is 3.37. The van der Waals surface area contributed by atoms with Gasteiger partial charge in [0.1, 0.15) is 11.2 Å². The van der Waals surface area contributed by atoms with Gasteiger partial charge in [0.15, 0.2) is 0 Å². The van der Waals surface area contributed by atoms with Crippen LogP contribution in [0.25, 0.3) is 22.3 Å². The first-order chi connectivity index (χ1) is 14.3. The van der Waals surface area contributed by atoms with E-state index in [1.807, 2.05) is 25.8 Å². The Labute approximate surface area is 177 Å². The van der Waals surface area contributed by atoms with Crippen LogP contribution >= 0.6 is 0 Å². The lowest BCUT2D eigenvalue weighted by Gasteiger charge is -2.31. The molecule has 0 radical (unpaired) electrons. The van der Waals surface area contributed by atoms with Gasteiger partial charge >= 0.3 is 0 Å². The molecule has 0 atom stereocenters. The van der Waals surface area contributed by atoms with Crippen LogP contribution in [-0.4, -0.2) is 55.4 Å². The maximum Gasteiger partial charge on any atom is 0.216 e. The summed E-state index contributed by atoms with van der Waals surface area (Å²) >= 11 is 0. The van der Waals surface area contributed by atoms with Gasteiger partial charge in [-0.15, -0.1) is 0 Å². The van der Waals surface area contributed by atoms with Gasteiger partial charge in [0.2, 0.25) is 10.0 Å². The summed E-state index contributed by atoms with van der Waals surface area (Å²) in [5, 5.41) is 4.17. The van der Waals surface area contributed by atoms with Crippen molar-refractivity contribution < 1.29 is 8.42 Å². The fraction of sp³-hybridized carbons (Fsp3) is 0.571. The van der Waals surface area contributed by atoms with Crippen LogP contribution in [0.3, 0.4) is 0 Å². The summed E-state index contributed by atoms with van der Waals surface area (Å²) in [4.78, 5) is 9.68. The van der Waals surface area contributed by atoms with E-state index in [4.69, 9.17) is 4.98 Å². The van der Waals surface area contributed by atoms with Crippen LogP contribution in [0, 0.1) is 0 Å². The SMILES string of the molecule is CC(C)n1cnc2c(-c3cnn(C)c3)nc(C3CCN(S(=O)(=O)C4CC4)CC3)cc21. The first kappa shape index (κ1) is 19.7. The third-order valence-electron chi connectivity index (χ3n) is 6.29. The highest BCUT2D eigenvalue weighted by Crippen LogP contribution is 2.37. The molecule has 1 aliphatic heterocycles. The van der Waals surface area contributed by atoms with Crippen molar-refractivity contribution in [3.8, 4) is 11.3 Å². The highest BCUT2D eigenvalue weighted by molar-refractivity contribution is 7.90. The smallest absolute Gasteiger partial charge is 0.216 e. The molecule has 0 unspecified atom stereocenters. The molecule has 0 N–H and O–H groups in total. The van der Waals surface area contributed by atoms with Crippen LogP contribution in [0.1, 0.15) is 57.2 Å². The van der Waals surface area contributed by atoms with E-state index in [0.29, 0.717) is 13.1 Å². The Morgan fingerprint density at radius 3 is 2.47 bits per heavy atom. The molecule has 4 heterocycles. The number of hydrogen-bond acceptors (Lipinski definition) is 5. The van der Waals surface area contributed by atoms with E-state index < -0.39 is 10.0 Å². The number of imidazole rings is 1. The van der Waals surface area contributed by atoms with Crippen molar-refractivity contribution in [3.63, 3.8) is 0 Å². The molecule has 8 nitrogen and oxygen atoms in total. The number of sulfonamides is 1. The zero-order chi connectivity index (χ0) is 21.0. The topological polar surface area (TPSA) is 85.9 Å². The molecule has 2 aliphatic rings. The third kappa shape index (κ3) is 3.33. The van der Waals surface area contributed by atoms with Crippen LogP contribution in [-0.2, 0) is 17.1 Å². The Balaban J connectivity index is 1.51. The standard InChI is InChI=1S/C21H28N6O2S/c1-14(2)27-13-22-21-19(27)10-18(24-20(21)16-11-23-25(3)12-16)15-6-8-26(9-7-15)30(28,29)17-4-5-17/h10-15,17H,4-9H2,1-3H3. The average molecular weight is 429 g/mol. The summed E-state index contributed by atoms with van der Waals surface area (Å²) in [6.45, 7) is 5.45. The zero-order valence-electron chi connectivity index (χ0n) is 17.7. The summed E-state index contributed by atoms with van der Waals surface area (Å²) < 4.78 is 30.8. The second-order valence-electron chi connectivity index (χ2n) is 8.83. The summed E-state index contributed by atoms with van der Waals surface area (Å²) in [5.74, 6) is 0.242. The maximum absolute atomic E-state index is 12.6. The molecule has 2 fully saturated rings. The number of hydrogen-bond donors (Lipinski definition) is 0. The Morgan fingerprint density at radius 1 is 1.13 bits per heavy atom. The van der Waals surface area contributed by atoms with Gasteiger partial charge in [0, 0.05) is 49.6 Å². The van der Waals surface area contributed by atoms with Gasteiger partial charge in [-0.05, 0) is 45.6 Å². The van der Waals surface area contributed by atoms with Crippen LogP contribution in [0.2, 0.25) is 0 Å². The van der Waals surface area contributed by atoms with Crippen molar-refractivity contribution in [3.05, 3.63) is 30.5 Å². The van der Waals surface area contributed by atoms with Crippen LogP contribution < -0.4 is 0 Å². The molecule has 0 amide bonds. The van der Waals surface area contributed by atoms with E-state index in [1.165, 1.54) is 0 Å². The fourth-order valence-corrected chi connectivity index (χ4v) is 6.27. The quantitative estimate of drug-likeness (QED) is 0.623. The number of pyridine rings is 1. The molecule has 9 heteroatoms. The van der Waals surface area contributed by atoms with Crippen molar-refractivity contribution in [2.24, 2.45) is 7.05 Å². The van der Waals surface area contributed by atoms with Crippen LogP contribution in [0.15, 0.2) is 24.8 Å². The molecule has 30 heavy (non-hydrogen) atoms. The predicted octanol–water partition coefficient (Wildman–Crippen LogP) is 3.08. The molecule has 160 valence electrons. The molecule has 3 aromatic rings. The normalized spacial score (nSPS) is 19.2. The van der Waals surface area contributed by atoms with Crippen molar-refractivity contribution in [1.82, 2.24) is 28.6 Å². The number of rotatable bonds is 5. The third-order valence-corrected chi connectivity index (χ3v) is 8.69. The van der Waals surface area contributed by atoms with Crippen molar-refractivity contribution in [2.75, 3.05) is 13.1 Å². The number of aromatic nitrogens is 5. The minimum Gasteiger partial charge on any atom is -0.328 e. The number of nitrogens with zero attached hydrogens (tertiary/aromatic N) is 6. The second-order valence-corrected chi connectivity index (χ2v) is 11.0. The number of piperidine rings is 1. The van der Waals surface area contributed by atoms with Crippen LogP contribution in [0.4, 0.5) is 0 Å². The molecular weight excluding hydrogens is 400 g/mol. The Morgan fingerprint density at radius 2 is 1.87 bits per heavy atom. The number of aryl methyl sites for hydroxylation is 1. The Bertz CT molecular complexity index is 1180. The van der Waals surface area contributed by atoms with E-state index in [0.717, 1.165) is 53.7 Å². The maximum atomic E-state index is 12.6. The van der Waals surface area contributed by atoms with Gasteiger partial charge in [-0.2, -0.15) is 5.10 Å². The van der Waals surface area contributed by atoms with Gasteiger partial charge in [0.25, 0.3) is 0 Å². The van der Waals surface area contributed by atoms with Gasteiger partial charge < -0.3 is 4.57 Å². The van der Waals surface area contributed by atoms with E-state index in [2.05, 4.69) is 34.6 Å². The Kier molecular flexibility index (Phi) is 4.70. The van der Waals surface area contributed by atoms with Crippen molar-refractivity contribution in [1.29, 1.82) is 0 Å². The molecule has 1 saturated heterocycles. The summed E-state index contributed by atoms with van der Waals surface area (Å²) in [6, 6.07) is 2.44.